The summed E-state index contributed by atoms with van der Waals surface area (Å²) in [5, 5.41) is 3.64. The predicted molar refractivity (Wildman–Crippen MR) is 67.2 cm³/mol. The van der Waals surface area contributed by atoms with Crippen molar-refractivity contribution in [2.24, 2.45) is 5.92 Å². The molecular weight excluding hydrogens is 184 g/mol. The van der Waals surface area contributed by atoms with E-state index in [-0.39, 0.29) is 0 Å². The van der Waals surface area contributed by atoms with Crippen molar-refractivity contribution in [1.82, 2.24) is 10.2 Å². The van der Waals surface area contributed by atoms with Crippen LogP contribution in [0, 0.1) is 5.92 Å². The van der Waals surface area contributed by atoms with Gasteiger partial charge >= 0.3 is 0 Å². The van der Waals surface area contributed by atoms with Crippen LogP contribution in [0.2, 0.25) is 0 Å². The summed E-state index contributed by atoms with van der Waals surface area (Å²) in [6.07, 6.45) is 5.52. The van der Waals surface area contributed by atoms with E-state index < -0.39 is 0 Å². The fourth-order valence-corrected chi connectivity index (χ4v) is 2.19. The molecule has 1 saturated heterocycles. The maximum absolute atomic E-state index is 3.64. The fraction of sp³-hybridized carbons (Fsp3) is 1.00. The minimum Gasteiger partial charge on any atom is -0.313 e. The first-order chi connectivity index (χ1) is 7.24. The number of nitrogens with one attached hydrogen (secondary N) is 1. The van der Waals surface area contributed by atoms with Gasteiger partial charge in [0.1, 0.15) is 0 Å². The van der Waals surface area contributed by atoms with Crippen LogP contribution in [0.15, 0.2) is 0 Å². The third-order valence-corrected chi connectivity index (χ3v) is 3.84. The molecule has 2 atom stereocenters. The Morgan fingerprint density at radius 1 is 1.13 bits per heavy atom. The van der Waals surface area contributed by atoms with Crippen molar-refractivity contribution < 1.29 is 0 Å². The quantitative estimate of drug-likeness (QED) is 0.728. The summed E-state index contributed by atoms with van der Waals surface area (Å²) < 4.78 is 0. The lowest BCUT2D eigenvalue weighted by atomic mass is 10.0. The Bertz CT molecular complexity index is 151. The fourth-order valence-electron chi connectivity index (χ4n) is 2.19. The van der Waals surface area contributed by atoms with Gasteiger partial charge in [-0.25, -0.2) is 0 Å². The molecule has 15 heavy (non-hydrogen) atoms. The second-order valence-electron chi connectivity index (χ2n) is 5.03. The van der Waals surface area contributed by atoms with E-state index in [0.29, 0.717) is 6.04 Å². The lowest BCUT2D eigenvalue weighted by Gasteiger charge is -2.28. The molecule has 1 fully saturated rings. The van der Waals surface area contributed by atoms with E-state index in [0.717, 1.165) is 12.5 Å². The minimum absolute atomic E-state index is 0.666. The molecule has 0 aromatic carbocycles. The van der Waals surface area contributed by atoms with Crippen LogP contribution >= 0.6 is 0 Å². The second-order valence-corrected chi connectivity index (χ2v) is 5.03. The molecule has 2 heteroatoms. The summed E-state index contributed by atoms with van der Waals surface area (Å²) in [7, 11) is 0. The molecule has 1 N–H and O–H groups in total. The molecule has 0 saturated carbocycles. The summed E-state index contributed by atoms with van der Waals surface area (Å²) in [5.74, 6) is 0.798. The van der Waals surface area contributed by atoms with E-state index >= 15 is 0 Å². The highest BCUT2D eigenvalue weighted by Crippen LogP contribution is 2.08. The van der Waals surface area contributed by atoms with Crippen LogP contribution in [-0.4, -0.2) is 37.1 Å². The van der Waals surface area contributed by atoms with Crippen LogP contribution in [-0.2, 0) is 0 Å². The normalized spacial score (nSPS) is 22.6. The van der Waals surface area contributed by atoms with Gasteiger partial charge in [-0.2, -0.15) is 0 Å². The first-order valence-electron chi connectivity index (χ1n) is 6.69. The Hall–Kier alpha value is -0.0800. The Morgan fingerprint density at radius 2 is 1.80 bits per heavy atom. The minimum atomic E-state index is 0.666. The Balaban J connectivity index is 2.04. The van der Waals surface area contributed by atoms with Gasteiger partial charge in [0.2, 0.25) is 0 Å². The van der Waals surface area contributed by atoms with Gasteiger partial charge in [0.05, 0.1) is 0 Å². The first kappa shape index (κ1) is 13.0. The molecule has 0 bridgehead atoms. The van der Waals surface area contributed by atoms with Gasteiger partial charge in [-0.3, -0.25) is 0 Å². The largest absolute Gasteiger partial charge is 0.313 e. The zero-order chi connectivity index (χ0) is 11.1. The number of hydrogen-bond acceptors (Lipinski definition) is 2. The van der Waals surface area contributed by atoms with E-state index in [1.54, 1.807) is 0 Å². The van der Waals surface area contributed by atoms with Crippen LogP contribution in [0.4, 0.5) is 0 Å². The number of nitrogens with zero attached hydrogens (tertiary/aromatic N) is 1. The number of piperidine rings is 1. The molecule has 0 aromatic heterocycles. The molecule has 1 heterocycles. The van der Waals surface area contributed by atoms with Crippen LogP contribution in [0.1, 0.15) is 46.5 Å². The molecule has 1 aliphatic heterocycles. The molecular formula is C13H28N2. The van der Waals surface area contributed by atoms with Gasteiger partial charge < -0.3 is 10.2 Å². The molecule has 2 nitrogen and oxygen atoms in total. The smallest absolute Gasteiger partial charge is 0.0107 e. The van der Waals surface area contributed by atoms with Crippen LogP contribution in [0.3, 0.4) is 0 Å². The molecule has 0 aromatic rings. The van der Waals surface area contributed by atoms with Crippen molar-refractivity contribution in [3.8, 4) is 0 Å². The van der Waals surface area contributed by atoms with Crippen molar-refractivity contribution in [2.75, 3.05) is 26.2 Å². The number of likely N-dealkylation sites (tertiary alicyclic amines) is 1. The van der Waals surface area contributed by atoms with Crippen molar-refractivity contribution in [1.29, 1.82) is 0 Å². The van der Waals surface area contributed by atoms with Gasteiger partial charge in [0, 0.05) is 19.1 Å². The van der Waals surface area contributed by atoms with Crippen molar-refractivity contribution in [3.63, 3.8) is 0 Å². The molecule has 0 aliphatic carbocycles. The monoisotopic (exact) mass is 212 g/mol. The maximum atomic E-state index is 3.64. The summed E-state index contributed by atoms with van der Waals surface area (Å²) >= 11 is 0. The molecule has 1 rings (SSSR count). The highest BCUT2D eigenvalue weighted by molar-refractivity contribution is 4.70. The lowest BCUT2D eigenvalue weighted by Crippen LogP contribution is -2.40. The van der Waals surface area contributed by atoms with Crippen LogP contribution in [0.25, 0.3) is 0 Å². The van der Waals surface area contributed by atoms with E-state index in [2.05, 4.69) is 31.0 Å². The topological polar surface area (TPSA) is 15.3 Å². The Kier molecular flexibility index (Phi) is 6.26. The average Bonchev–Trinajstić information content (AvgIpc) is 2.29. The Labute approximate surface area is 95.4 Å². The summed E-state index contributed by atoms with van der Waals surface area (Å²) in [5.41, 5.74) is 0. The van der Waals surface area contributed by atoms with E-state index in [4.69, 9.17) is 0 Å². The number of hydrogen-bond donors (Lipinski definition) is 1. The average molecular weight is 212 g/mol. The maximum Gasteiger partial charge on any atom is 0.0107 e. The van der Waals surface area contributed by atoms with Crippen molar-refractivity contribution in [3.05, 3.63) is 0 Å². The van der Waals surface area contributed by atoms with Gasteiger partial charge in [-0.05, 0) is 38.8 Å². The first-order valence-corrected chi connectivity index (χ1v) is 6.69. The molecule has 0 spiro atoms. The zero-order valence-electron chi connectivity index (χ0n) is 10.8. The van der Waals surface area contributed by atoms with Gasteiger partial charge in [-0.1, -0.05) is 26.7 Å². The third kappa shape index (κ3) is 4.98. The van der Waals surface area contributed by atoms with E-state index in [1.807, 2.05) is 0 Å². The van der Waals surface area contributed by atoms with E-state index in [1.165, 1.54) is 45.3 Å². The highest BCUT2D eigenvalue weighted by Gasteiger charge is 2.11. The molecule has 0 amide bonds. The molecule has 0 unspecified atom stereocenters. The zero-order valence-corrected chi connectivity index (χ0v) is 10.8. The van der Waals surface area contributed by atoms with Crippen molar-refractivity contribution in [2.45, 2.75) is 52.5 Å². The molecule has 90 valence electrons. The summed E-state index contributed by atoms with van der Waals surface area (Å²) in [4.78, 5) is 2.60. The van der Waals surface area contributed by atoms with Crippen molar-refractivity contribution >= 4 is 0 Å². The standard InChI is InChI=1S/C13H28N2/c1-4-12(2)13(3)14-8-11-15-9-6-5-7-10-15/h12-14H,4-11H2,1-3H3/t12-,13+/m0/s1. The van der Waals surface area contributed by atoms with Crippen LogP contribution < -0.4 is 5.32 Å². The van der Waals surface area contributed by atoms with Gasteiger partial charge in [0.15, 0.2) is 0 Å². The third-order valence-electron chi connectivity index (χ3n) is 3.84. The SMILES string of the molecule is CC[C@H](C)[C@@H](C)NCCN1CCCCC1. The highest BCUT2D eigenvalue weighted by atomic mass is 15.1. The van der Waals surface area contributed by atoms with Gasteiger partial charge in [-0.15, -0.1) is 0 Å². The van der Waals surface area contributed by atoms with E-state index in [9.17, 15) is 0 Å². The Morgan fingerprint density at radius 3 is 2.40 bits per heavy atom. The molecule has 0 radical (unpaired) electrons. The second kappa shape index (κ2) is 7.24. The summed E-state index contributed by atoms with van der Waals surface area (Å²) in [6, 6.07) is 0.666. The molecule has 1 aliphatic rings. The predicted octanol–water partition coefficient (Wildman–Crippen LogP) is 2.50. The van der Waals surface area contributed by atoms with Gasteiger partial charge in [0.25, 0.3) is 0 Å². The summed E-state index contributed by atoms with van der Waals surface area (Å²) in [6.45, 7) is 11.9. The van der Waals surface area contributed by atoms with Crippen LogP contribution in [0.5, 0.6) is 0 Å². The number of rotatable bonds is 6. The lowest BCUT2D eigenvalue weighted by molar-refractivity contribution is 0.223.